The van der Waals surface area contributed by atoms with E-state index >= 15 is 0 Å². The van der Waals surface area contributed by atoms with Gasteiger partial charge >= 0.3 is 15.5 Å². The van der Waals surface area contributed by atoms with Gasteiger partial charge in [-0.3, -0.25) is 4.72 Å². The summed E-state index contributed by atoms with van der Waals surface area (Å²) < 4.78 is 62.5. The Labute approximate surface area is 141 Å². The van der Waals surface area contributed by atoms with Gasteiger partial charge in [-0.2, -0.15) is 21.6 Å². The molecule has 0 radical (unpaired) electrons. The molecule has 1 aliphatic rings. The predicted octanol–water partition coefficient (Wildman–Crippen LogP) is 4.37. The minimum absolute atomic E-state index is 0.0329. The number of aryl methyl sites for hydroxylation is 1. The second-order valence-corrected chi connectivity index (χ2v) is 8.61. The second-order valence-electron chi connectivity index (χ2n) is 6.94. The normalized spacial score (nSPS) is 20.7. The summed E-state index contributed by atoms with van der Waals surface area (Å²) in [6.45, 7) is 10.5. The van der Waals surface area contributed by atoms with Gasteiger partial charge in [0.05, 0.1) is 5.69 Å². The van der Waals surface area contributed by atoms with E-state index < -0.39 is 15.5 Å². The van der Waals surface area contributed by atoms with Crippen LogP contribution < -0.4 is 9.62 Å². The van der Waals surface area contributed by atoms with E-state index in [1.54, 1.807) is 17.7 Å². The minimum atomic E-state index is -5.43. The van der Waals surface area contributed by atoms with Crippen LogP contribution in [0.3, 0.4) is 0 Å². The molecule has 0 amide bonds. The highest BCUT2D eigenvalue weighted by atomic mass is 32.2. The lowest BCUT2D eigenvalue weighted by molar-refractivity contribution is -0.0429. The topological polar surface area (TPSA) is 49.4 Å². The number of benzene rings is 1. The van der Waals surface area contributed by atoms with E-state index in [9.17, 15) is 21.6 Å². The maximum Gasteiger partial charge on any atom is 0.516 e. The Balaban J connectivity index is 2.56. The van der Waals surface area contributed by atoms with E-state index in [0.717, 1.165) is 17.7 Å². The van der Waals surface area contributed by atoms with Crippen LogP contribution in [0.4, 0.5) is 24.5 Å². The number of hydrogen-bond donors (Lipinski definition) is 1. The van der Waals surface area contributed by atoms with Crippen molar-refractivity contribution in [2.24, 2.45) is 0 Å². The first-order valence-corrected chi connectivity index (χ1v) is 9.29. The summed E-state index contributed by atoms with van der Waals surface area (Å²) in [4.78, 5) is 2.10. The monoisotopic (exact) mass is 364 g/mol. The van der Waals surface area contributed by atoms with Crippen LogP contribution in [0.1, 0.15) is 51.2 Å². The van der Waals surface area contributed by atoms with Gasteiger partial charge in [-0.25, -0.2) is 0 Å². The molecule has 0 aromatic heterocycles. The zero-order valence-electron chi connectivity index (χ0n) is 14.5. The van der Waals surface area contributed by atoms with E-state index in [4.69, 9.17) is 0 Å². The Kier molecular flexibility index (Phi) is 4.58. The first-order chi connectivity index (χ1) is 10.8. The Morgan fingerprint density at radius 2 is 1.92 bits per heavy atom. The number of sulfonamides is 1. The Hall–Kier alpha value is -1.44. The zero-order valence-corrected chi connectivity index (χ0v) is 15.3. The molecule has 1 aromatic carbocycles. The SMILES string of the molecule is CCN1c2cc(NS(=O)(=O)C(F)(F)F)c(C)cc2C(C)CC1(C)C. The lowest BCUT2D eigenvalue weighted by Gasteiger charge is -2.47. The summed E-state index contributed by atoms with van der Waals surface area (Å²) in [7, 11) is -5.43. The minimum Gasteiger partial charge on any atom is -0.366 e. The van der Waals surface area contributed by atoms with Gasteiger partial charge in [-0.15, -0.1) is 0 Å². The maximum atomic E-state index is 12.7. The lowest BCUT2D eigenvalue weighted by atomic mass is 9.79. The van der Waals surface area contributed by atoms with Gasteiger partial charge in [0.15, 0.2) is 0 Å². The molecule has 1 aliphatic heterocycles. The molecule has 0 aliphatic carbocycles. The molecule has 0 bridgehead atoms. The number of fused-ring (bicyclic) bond motifs is 1. The molecule has 0 spiro atoms. The van der Waals surface area contributed by atoms with Gasteiger partial charge in [-0.05, 0) is 57.2 Å². The van der Waals surface area contributed by atoms with E-state index in [1.807, 2.05) is 6.92 Å². The molecule has 0 fully saturated rings. The molecule has 1 aromatic rings. The fraction of sp³-hybridized carbons (Fsp3) is 0.625. The number of alkyl halides is 3. The third-order valence-electron chi connectivity index (χ3n) is 4.60. The fourth-order valence-corrected chi connectivity index (χ4v) is 4.18. The first kappa shape index (κ1) is 18.9. The van der Waals surface area contributed by atoms with Crippen molar-refractivity contribution < 1.29 is 21.6 Å². The van der Waals surface area contributed by atoms with Gasteiger partial charge in [0, 0.05) is 17.8 Å². The van der Waals surface area contributed by atoms with E-state index in [2.05, 4.69) is 25.7 Å². The number of rotatable bonds is 3. The summed E-state index contributed by atoms with van der Waals surface area (Å²) in [5.74, 6) is 0.241. The van der Waals surface area contributed by atoms with Crippen molar-refractivity contribution in [3.8, 4) is 0 Å². The molecule has 24 heavy (non-hydrogen) atoms. The summed E-state index contributed by atoms with van der Waals surface area (Å²) in [5.41, 5.74) is -3.24. The highest BCUT2D eigenvalue weighted by Gasteiger charge is 2.46. The van der Waals surface area contributed by atoms with Crippen molar-refractivity contribution in [2.45, 2.75) is 58.0 Å². The smallest absolute Gasteiger partial charge is 0.366 e. The van der Waals surface area contributed by atoms with Crippen LogP contribution >= 0.6 is 0 Å². The summed E-state index contributed by atoms with van der Waals surface area (Å²) >= 11 is 0. The lowest BCUT2D eigenvalue weighted by Crippen LogP contribution is -2.48. The van der Waals surface area contributed by atoms with Crippen LogP contribution in [0.15, 0.2) is 12.1 Å². The number of anilines is 2. The van der Waals surface area contributed by atoms with Crippen molar-refractivity contribution >= 4 is 21.4 Å². The largest absolute Gasteiger partial charge is 0.516 e. The molecule has 1 atom stereocenters. The van der Waals surface area contributed by atoms with Crippen molar-refractivity contribution in [1.29, 1.82) is 0 Å². The Morgan fingerprint density at radius 3 is 2.42 bits per heavy atom. The van der Waals surface area contributed by atoms with E-state index in [1.165, 1.54) is 6.07 Å². The van der Waals surface area contributed by atoms with Gasteiger partial charge in [0.25, 0.3) is 0 Å². The number of hydrogen-bond acceptors (Lipinski definition) is 3. The molecular weight excluding hydrogens is 341 g/mol. The molecule has 4 nitrogen and oxygen atoms in total. The van der Waals surface area contributed by atoms with Crippen LogP contribution in [0, 0.1) is 6.92 Å². The molecule has 1 heterocycles. The van der Waals surface area contributed by atoms with E-state index in [0.29, 0.717) is 12.1 Å². The quantitative estimate of drug-likeness (QED) is 0.866. The molecule has 2 rings (SSSR count). The molecule has 1 N–H and O–H groups in total. The summed E-state index contributed by atoms with van der Waals surface area (Å²) in [6.07, 6.45) is 0.918. The van der Waals surface area contributed by atoms with E-state index in [-0.39, 0.29) is 17.1 Å². The highest BCUT2D eigenvalue weighted by Crippen LogP contribution is 2.45. The molecular formula is C16H23F3N2O2S. The van der Waals surface area contributed by atoms with Crippen LogP contribution in [0.25, 0.3) is 0 Å². The molecule has 0 saturated carbocycles. The molecule has 8 heteroatoms. The molecule has 1 unspecified atom stereocenters. The van der Waals surface area contributed by atoms with Crippen molar-refractivity contribution in [2.75, 3.05) is 16.2 Å². The Bertz CT molecular complexity index is 742. The maximum absolute atomic E-state index is 12.7. The molecule has 136 valence electrons. The van der Waals surface area contributed by atoms with Crippen molar-refractivity contribution in [1.82, 2.24) is 0 Å². The Morgan fingerprint density at radius 1 is 1.33 bits per heavy atom. The number of halogens is 3. The number of nitrogens with one attached hydrogen (secondary N) is 1. The first-order valence-electron chi connectivity index (χ1n) is 7.81. The fourth-order valence-electron chi connectivity index (χ4n) is 3.55. The number of nitrogens with zero attached hydrogens (tertiary/aromatic N) is 1. The van der Waals surface area contributed by atoms with Gasteiger partial charge < -0.3 is 4.90 Å². The summed E-state index contributed by atoms with van der Waals surface area (Å²) in [5, 5.41) is 0. The third kappa shape index (κ3) is 3.20. The summed E-state index contributed by atoms with van der Waals surface area (Å²) in [6, 6.07) is 3.31. The van der Waals surface area contributed by atoms with Gasteiger partial charge in [0.2, 0.25) is 0 Å². The van der Waals surface area contributed by atoms with Gasteiger partial charge in [-0.1, -0.05) is 13.0 Å². The van der Waals surface area contributed by atoms with Crippen molar-refractivity contribution in [3.05, 3.63) is 23.3 Å². The van der Waals surface area contributed by atoms with Crippen LogP contribution in [0.5, 0.6) is 0 Å². The average Bonchev–Trinajstić information content (AvgIpc) is 2.38. The van der Waals surface area contributed by atoms with Crippen molar-refractivity contribution in [3.63, 3.8) is 0 Å². The zero-order chi connectivity index (χ0) is 18.5. The van der Waals surface area contributed by atoms with Crippen LogP contribution in [-0.2, 0) is 10.0 Å². The molecule has 0 saturated heterocycles. The van der Waals surface area contributed by atoms with Crippen LogP contribution in [-0.4, -0.2) is 26.0 Å². The second kappa shape index (κ2) is 5.82. The van der Waals surface area contributed by atoms with Gasteiger partial charge in [0.1, 0.15) is 0 Å². The average molecular weight is 364 g/mol. The standard InChI is InChI=1S/C16H23F3N2O2S/c1-6-21-14-8-13(20-24(22,23)16(17,18)19)10(2)7-12(14)11(3)9-15(21,4)5/h7-8,11,20H,6,9H2,1-5H3. The highest BCUT2D eigenvalue weighted by molar-refractivity contribution is 7.93. The third-order valence-corrected chi connectivity index (χ3v) is 5.70. The predicted molar refractivity (Wildman–Crippen MR) is 89.9 cm³/mol. The van der Waals surface area contributed by atoms with Crippen LogP contribution in [0.2, 0.25) is 0 Å².